The van der Waals surface area contributed by atoms with Gasteiger partial charge in [0.05, 0.1) is 16.9 Å². The van der Waals surface area contributed by atoms with Gasteiger partial charge in [-0.25, -0.2) is 9.07 Å². The Morgan fingerprint density at radius 3 is 2.74 bits per heavy atom. The standard InChI is InChI=1S/C13H15FN4O/c1-8(2)10-6-7-18(16-10)11-5-3-4-9(14)12(11)13(15)17-19/h3-8,19H,1-2H3,(H2,15,17). The van der Waals surface area contributed by atoms with Gasteiger partial charge in [0.15, 0.2) is 5.84 Å². The summed E-state index contributed by atoms with van der Waals surface area (Å²) in [5, 5.41) is 16.0. The lowest BCUT2D eigenvalue weighted by Crippen LogP contribution is -2.18. The van der Waals surface area contributed by atoms with Crippen LogP contribution >= 0.6 is 0 Å². The van der Waals surface area contributed by atoms with E-state index in [0.717, 1.165) is 5.69 Å². The average Bonchev–Trinajstić information content (AvgIpc) is 2.87. The van der Waals surface area contributed by atoms with Crippen molar-refractivity contribution in [3.05, 3.63) is 47.5 Å². The molecule has 2 aromatic rings. The van der Waals surface area contributed by atoms with Crippen LogP contribution in [0.1, 0.15) is 31.0 Å². The molecule has 1 aromatic heterocycles. The zero-order valence-electron chi connectivity index (χ0n) is 10.7. The van der Waals surface area contributed by atoms with Crippen LogP contribution in [0, 0.1) is 5.82 Å². The second-order valence-corrected chi connectivity index (χ2v) is 4.46. The molecule has 1 aromatic carbocycles. The lowest BCUT2D eigenvalue weighted by atomic mass is 10.1. The molecule has 5 nitrogen and oxygen atoms in total. The number of nitrogens with two attached hydrogens (primary N) is 1. The molecule has 2 rings (SSSR count). The van der Waals surface area contributed by atoms with E-state index in [1.54, 1.807) is 18.3 Å². The fourth-order valence-corrected chi connectivity index (χ4v) is 1.79. The maximum atomic E-state index is 13.8. The minimum absolute atomic E-state index is 0.0309. The second-order valence-electron chi connectivity index (χ2n) is 4.46. The molecule has 0 amide bonds. The Hall–Kier alpha value is -2.37. The van der Waals surface area contributed by atoms with Crippen molar-refractivity contribution in [2.75, 3.05) is 0 Å². The molecule has 1 heterocycles. The van der Waals surface area contributed by atoms with Crippen LogP contribution in [0.2, 0.25) is 0 Å². The number of benzene rings is 1. The van der Waals surface area contributed by atoms with Gasteiger partial charge in [-0.1, -0.05) is 25.1 Å². The first-order chi connectivity index (χ1) is 9.04. The first-order valence-electron chi connectivity index (χ1n) is 5.87. The Kier molecular flexibility index (Phi) is 3.50. The van der Waals surface area contributed by atoms with Crippen LogP contribution in [0.25, 0.3) is 5.69 Å². The Bertz CT molecular complexity index is 619. The Labute approximate surface area is 110 Å². The van der Waals surface area contributed by atoms with E-state index in [1.165, 1.54) is 10.7 Å². The summed E-state index contributed by atoms with van der Waals surface area (Å²) in [5.74, 6) is -0.578. The van der Waals surface area contributed by atoms with Crippen LogP contribution < -0.4 is 5.73 Å². The third-order valence-corrected chi connectivity index (χ3v) is 2.80. The number of nitrogens with zero attached hydrogens (tertiary/aromatic N) is 3. The van der Waals surface area contributed by atoms with Crippen molar-refractivity contribution < 1.29 is 9.60 Å². The molecule has 0 atom stereocenters. The van der Waals surface area contributed by atoms with Gasteiger partial charge in [0.25, 0.3) is 0 Å². The molecule has 19 heavy (non-hydrogen) atoms. The Balaban J connectivity index is 2.58. The van der Waals surface area contributed by atoms with Gasteiger partial charge in [-0.15, -0.1) is 0 Å². The highest BCUT2D eigenvalue weighted by molar-refractivity contribution is 6.00. The van der Waals surface area contributed by atoms with Crippen LogP contribution in [0.15, 0.2) is 35.6 Å². The van der Waals surface area contributed by atoms with Crippen LogP contribution in [0.3, 0.4) is 0 Å². The molecule has 3 N–H and O–H groups in total. The summed E-state index contributed by atoms with van der Waals surface area (Å²) in [6, 6.07) is 6.32. The lowest BCUT2D eigenvalue weighted by Gasteiger charge is -2.09. The van der Waals surface area contributed by atoms with Crippen molar-refractivity contribution in [1.82, 2.24) is 9.78 Å². The fourth-order valence-electron chi connectivity index (χ4n) is 1.79. The average molecular weight is 262 g/mol. The van der Waals surface area contributed by atoms with E-state index in [4.69, 9.17) is 10.9 Å². The molecule has 0 saturated heterocycles. The van der Waals surface area contributed by atoms with Gasteiger partial charge in [-0.2, -0.15) is 5.10 Å². The number of rotatable bonds is 3. The molecule has 6 heteroatoms. The smallest absolute Gasteiger partial charge is 0.175 e. The topological polar surface area (TPSA) is 76.4 Å². The van der Waals surface area contributed by atoms with Gasteiger partial charge in [-0.05, 0) is 24.1 Å². The maximum absolute atomic E-state index is 13.8. The van der Waals surface area contributed by atoms with Crippen molar-refractivity contribution in [2.45, 2.75) is 19.8 Å². The van der Waals surface area contributed by atoms with E-state index < -0.39 is 5.82 Å². The third kappa shape index (κ3) is 2.42. The molecule has 0 fully saturated rings. The summed E-state index contributed by atoms with van der Waals surface area (Å²) in [6.07, 6.45) is 1.72. The van der Waals surface area contributed by atoms with E-state index in [0.29, 0.717) is 5.69 Å². The zero-order chi connectivity index (χ0) is 14.0. The highest BCUT2D eigenvalue weighted by Crippen LogP contribution is 2.19. The van der Waals surface area contributed by atoms with Crippen LogP contribution in [0.5, 0.6) is 0 Å². The number of amidine groups is 1. The molecule has 0 radical (unpaired) electrons. The van der Waals surface area contributed by atoms with Crippen molar-refractivity contribution >= 4 is 5.84 Å². The molecule has 0 aliphatic carbocycles. The Morgan fingerprint density at radius 2 is 2.16 bits per heavy atom. The summed E-state index contributed by atoms with van der Waals surface area (Å²) >= 11 is 0. The van der Waals surface area contributed by atoms with Gasteiger partial charge < -0.3 is 10.9 Å². The molecule has 0 aliphatic rings. The van der Waals surface area contributed by atoms with Crippen molar-refractivity contribution in [3.8, 4) is 5.69 Å². The van der Waals surface area contributed by atoms with Gasteiger partial charge in [0.1, 0.15) is 5.82 Å². The second kappa shape index (κ2) is 5.09. The monoisotopic (exact) mass is 262 g/mol. The number of oxime groups is 1. The van der Waals surface area contributed by atoms with E-state index in [9.17, 15) is 4.39 Å². The first kappa shape index (κ1) is 13.1. The minimum Gasteiger partial charge on any atom is -0.409 e. The van der Waals surface area contributed by atoms with Crippen molar-refractivity contribution in [3.63, 3.8) is 0 Å². The van der Waals surface area contributed by atoms with Crippen LogP contribution in [0.4, 0.5) is 4.39 Å². The Morgan fingerprint density at radius 1 is 1.42 bits per heavy atom. The summed E-state index contributed by atoms with van der Waals surface area (Å²) in [4.78, 5) is 0. The molecule has 0 bridgehead atoms. The number of hydrogen-bond donors (Lipinski definition) is 2. The van der Waals surface area contributed by atoms with E-state index in [-0.39, 0.29) is 17.3 Å². The summed E-state index contributed by atoms with van der Waals surface area (Å²) in [7, 11) is 0. The molecule has 0 spiro atoms. The highest BCUT2D eigenvalue weighted by Gasteiger charge is 2.15. The van der Waals surface area contributed by atoms with Crippen LogP contribution in [-0.2, 0) is 0 Å². The number of halogens is 1. The molecule has 100 valence electrons. The molecule has 0 saturated carbocycles. The van der Waals surface area contributed by atoms with Crippen LogP contribution in [-0.4, -0.2) is 20.8 Å². The molecular formula is C13H15FN4O. The van der Waals surface area contributed by atoms with E-state index in [1.807, 2.05) is 19.9 Å². The van der Waals surface area contributed by atoms with Gasteiger partial charge in [0, 0.05) is 6.20 Å². The van der Waals surface area contributed by atoms with Gasteiger partial charge in [-0.3, -0.25) is 0 Å². The van der Waals surface area contributed by atoms with E-state index >= 15 is 0 Å². The first-order valence-corrected chi connectivity index (χ1v) is 5.87. The number of aromatic nitrogens is 2. The normalized spacial score (nSPS) is 12.1. The fraction of sp³-hybridized carbons (Fsp3) is 0.231. The van der Waals surface area contributed by atoms with Crippen molar-refractivity contribution in [2.24, 2.45) is 10.9 Å². The quantitative estimate of drug-likeness (QED) is 0.385. The van der Waals surface area contributed by atoms with E-state index in [2.05, 4.69) is 10.3 Å². The predicted molar refractivity (Wildman–Crippen MR) is 70.1 cm³/mol. The maximum Gasteiger partial charge on any atom is 0.175 e. The zero-order valence-corrected chi connectivity index (χ0v) is 10.7. The highest BCUT2D eigenvalue weighted by atomic mass is 19.1. The largest absolute Gasteiger partial charge is 0.409 e. The SMILES string of the molecule is CC(C)c1ccn(-c2cccc(F)c2C(N)=NO)n1. The lowest BCUT2D eigenvalue weighted by molar-refractivity contribution is 0.318. The van der Waals surface area contributed by atoms with Crippen molar-refractivity contribution in [1.29, 1.82) is 0 Å². The predicted octanol–water partition coefficient (Wildman–Crippen LogP) is 2.23. The minimum atomic E-state index is -0.561. The van der Waals surface area contributed by atoms with Gasteiger partial charge >= 0.3 is 0 Å². The summed E-state index contributed by atoms with van der Waals surface area (Å²) < 4.78 is 15.3. The number of hydrogen-bond acceptors (Lipinski definition) is 3. The third-order valence-electron chi connectivity index (χ3n) is 2.80. The molecular weight excluding hydrogens is 247 g/mol. The summed E-state index contributed by atoms with van der Waals surface area (Å²) in [6.45, 7) is 4.03. The molecule has 0 unspecified atom stereocenters. The van der Waals surface area contributed by atoms with Gasteiger partial charge in [0.2, 0.25) is 0 Å². The summed E-state index contributed by atoms with van der Waals surface area (Å²) in [5.41, 5.74) is 6.87. The molecule has 0 aliphatic heterocycles.